The van der Waals surface area contributed by atoms with E-state index in [1.165, 1.54) is 6.33 Å². The van der Waals surface area contributed by atoms with Crippen LogP contribution in [-0.2, 0) is 6.54 Å². The lowest BCUT2D eigenvalue weighted by Crippen LogP contribution is -2.02. The zero-order valence-corrected chi connectivity index (χ0v) is 9.88. The Balaban J connectivity index is 1.86. The highest BCUT2D eigenvalue weighted by atomic mass is 15.1. The Labute approximate surface area is 104 Å². The largest absolute Gasteiger partial charge is 0.364 e. The maximum Gasteiger partial charge on any atom is 0.183 e. The topological polar surface area (TPSA) is 79.4 Å². The van der Waals surface area contributed by atoms with Crippen LogP contribution in [0.3, 0.4) is 0 Å². The Kier molecular flexibility index (Phi) is 2.60. The lowest BCUT2D eigenvalue weighted by Gasteiger charge is -2.05. The van der Waals surface area contributed by atoms with Gasteiger partial charge in [0.25, 0.3) is 0 Å². The third-order valence-electron chi connectivity index (χ3n) is 2.59. The maximum atomic E-state index is 4.27. The van der Waals surface area contributed by atoms with Crippen molar-refractivity contribution < 1.29 is 0 Å². The van der Waals surface area contributed by atoms with E-state index in [-0.39, 0.29) is 0 Å². The van der Waals surface area contributed by atoms with Crippen molar-refractivity contribution in [2.45, 2.75) is 13.5 Å². The molecule has 3 heterocycles. The van der Waals surface area contributed by atoms with Crippen molar-refractivity contribution in [1.29, 1.82) is 0 Å². The standard InChI is InChI=1S/C12H12N6/c1-8-17-10-11(15-7-16-12(10)18-8)14-6-9-3-2-4-13-5-9/h2-5,7H,6H2,1H3,(H2,14,15,16,17,18). The minimum absolute atomic E-state index is 0.665. The first kappa shape index (κ1) is 10.6. The highest BCUT2D eigenvalue weighted by Crippen LogP contribution is 2.16. The number of nitrogens with one attached hydrogen (secondary N) is 2. The van der Waals surface area contributed by atoms with Gasteiger partial charge in [0.15, 0.2) is 11.5 Å². The molecule has 90 valence electrons. The van der Waals surface area contributed by atoms with Crippen molar-refractivity contribution in [3.8, 4) is 0 Å². The highest BCUT2D eigenvalue weighted by molar-refractivity contribution is 5.82. The van der Waals surface area contributed by atoms with Crippen LogP contribution in [0, 0.1) is 6.92 Å². The van der Waals surface area contributed by atoms with Gasteiger partial charge in [0.1, 0.15) is 17.7 Å². The first-order valence-corrected chi connectivity index (χ1v) is 5.63. The molecule has 0 atom stereocenters. The van der Waals surface area contributed by atoms with Crippen LogP contribution < -0.4 is 5.32 Å². The molecule has 0 radical (unpaired) electrons. The monoisotopic (exact) mass is 240 g/mol. The van der Waals surface area contributed by atoms with Crippen molar-refractivity contribution in [1.82, 2.24) is 24.9 Å². The number of nitrogens with zero attached hydrogens (tertiary/aromatic N) is 4. The number of aromatic nitrogens is 5. The van der Waals surface area contributed by atoms with E-state index in [1.54, 1.807) is 6.20 Å². The lowest BCUT2D eigenvalue weighted by molar-refractivity contribution is 1.08. The fraction of sp³-hybridized carbons (Fsp3) is 0.167. The predicted molar refractivity (Wildman–Crippen MR) is 68.0 cm³/mol. The van der Waals surface area contributed by atoms with Crippen LogP contribution in [0.4, 0.5) is 5.82 Å². The molecule has 0 aliphatic rings. The Morgan fingerprint density at radius 1 is 1.33 bits per heavy atom. The zero-order chi connectivity index (χ0) is 12.4. The molecule has 6 heteroatoms. The van der Waals surface area contributed by atoms with Crippen molar-refractivity contribution in [3.63, 3.8) is 0 Å². The van der Waals surface area contributed by atoms with Crippen LogP contribution in [0.2, 0.25) is 0 Å². The van der Waals surface area contributed by atoms with Gasteiger partial charge >= 0.3 is 0 Å². The average molecular weight is 240 g/mol. The summed E-state index contributed by atoms with van der Waals surface area (Å²) < 4.78 is 0. The molecule has 2 N–H and O–H groups in total. The molecule has 3 rings (SSSR count). The summed E-state index contributed by atoms with van der Waals surface area (Å²) in [6.45, 7) is 2.56. The molecular formula is C12H12N6. The van der Waals surface area contributed by atoms with Crippen molar-refractivity contribution in [2.24, 2.45) is 0 Å². The summed E-state index contributed by atoms with van der Waals surface area (Å²) >= 11 is 0. The first-order valence-electron chi connectivity index (χ1n) is 5.63. The first-order chi connectivity index (χ1) is 8.83. The number of aromatic amines is 1. The van der Waals surface area contributed by atoms with Gasteiger partial charge in [-0.25, -0.2) is 15.0 Å². The van der Waals surface area contributed by atoms with E-state index in [2.05, 4.69) is 30.2 Å². The SMILES string of the molecule is Cc1nc2ncnc(NCc3cccnc3)c2[nH]1. The van der Waals surface area contributed by atoms with Crippen LogP contribution in [0.5, 0.6) is 0 Å². The van der Waals surface area contributed by atoms with Gasteiger partial charge in [-0.1, -0.05) is 6.07 Å². The van der Waals surface area contributed by atoms with E-state index < -0.39 is 0 Å². The molecule has 0 aliphatic carbocycles. The number of hydrogen-bond acceptors (Lipinski definition) is 5. The summed E-state index contributed by atoms with van der Waals surface area (Å²) in [5.41, 5.74) is 2.61. The second kappa shape index (κ2) is 4.40. The Bertz CT molecular complexity index is 661. The van der Waals surface area contributed by atoms with Crippen LogP contribution >= 0.6 is 0 Å². The molecule has 3 aromatic rings. The number of H-pyrrole nitrogens is 1. The average Bonchev–Trinajstić information content (AvgIpc) is 2.78. The normalized spacial score (nSPS) is 10.7. The van der Waals surface area contributed by atoms with E-state index in [4.69, 9.17) is 0 Å². The number of aryl methyl sites for hydroxylation is 1. The summed E-state index contributed by atoms with van der Waals surface area (Å²) in [5.74, 6) is 1.58. The van der Waals surface area contributed by atoms with Gasteiger partial charge in [0.05, 0.1) is 0 Å². The molecule has 3 aromatic heterocycles. The van der Waals surface area contributed by atoms with E-state index >= 15 is 0 Å². The van der Waals surface area contributed by atoms with Crippen LogP contribution in [0.15, 0.2) is 30.9 Å². The number of fused-ring (bicyclic) bond motifs is 1. The number of anilines is 1. The zero-order valence-electron chi connectivity index (χ0n) is 9.88. The molecule has 0 amide bonds. The molecule has 0 bridgehead atoms. The van der Waals surface area contributed by atoms with Crippen LogP contribution in [0.25, 0.3) is 11.2 Å². The summed E-state index contributed by atoms with van der Waals surface area (Å²) in [5, 5.41) is 3.25. The number of pyridine rings is 1. The van der Waals surface area contributed by atoms with Crippen molar-refractivity contribution in [3.05, 3.63) is 42.2 Å². The molecule has 6 nitrogen and oxygen atoms in total. The number of rotatable bonds is 3. The summed E-state index contributed by atoms with van der Waals surface area (Å²) in [6.07, 6.45) is 5.09. The van der Waals surface area contributed by atoms with Gasteiger partial charge in [-0.2, -0.15) is 0 Å². The third kappa shape index (κ3) is 2.00. The molecule has 0 spiro atoms. The minimum atomic E-state index is 0.665. The predicted octanol–water partition coefficient (Wildman–Crippen LogP) is 1.67. The van der Waals surface area contributed by atoms with Gasteiger partial charge in [-0.15, -0.1) is 0 Å². The second-order valence-electron chi connectivity index (χ2n) is 3.96. The number of imidazole rings is 1. The molecule has 18 heavy (non-hydrogen) atoms. The fourth-order valence-corrected chi connectivity index (χ4v) is 1.77. The Morgan fingerprint density at radius 2 is 2.28 bits per heavy atom. The number of hydrogen-bond donors (Lipinski definition) is 2. The summed E-state index contributed by atoms with van der Waals surface area (Å²) in [6, 6.07) is 3.92. The third-order valence-corrected chi connectivity index (χ3v) is 2.59. The van der Waals surface area contributed by atoms with Gasteiger partial charge < -0.3 is 10.3 Å². The quantitative estimate of drug-likeness (QED) is 0.728. The van der Waals surface area contributed by atoms with E-state index in [0.29, 0.717) is 12.2 Å². The Morgan fingerprint density at radius 3 is 3.11 bits per heavy atom. The maximum absolute atomic E-state index is 4.27. The van der Waals surface area contributed by atoms with Gasteiger partial charge in [0, 0.05) is 18.9 Å². The fourth-order valence-electron chi connectivity index (χ4n) is 1.77. The smallest absolute Gasteiger partial charge is 0.183 e. The van der Waals surface area contributed by atoms with Crippen LogP contribution in [-0.4, -0.2) is 24.9 Å². The molecule has 0 aromatic carbocycles. The van der Waals surface area contributed by atoms with Crippen LogP contribution in [0.1, 0.15) is 11.4 Å². The molecule has 0 fully saturated rings. The molecule has 0 saturated carbocycles. The molecule has 0 saturated heterocycles. The van der Waals surface area contributed by atoms with Crippen molar-refractivity contribution in [2.75, 3.05) is 5.32 Å². The van der Waals surface area contributed by atoms with E-state index in [1.807, 2.05) is 25.3 Å². The lowest BCUT2D eigenvalue weighted by atomic mass is 10.3. The minimum Gasteiger partial charge on any atom is -0.364 e. The van der Waals surface area contributed by atoms with Gasteiger partial charge in [-0.05, 0) is 18.6 Å². The van der Waals surface area contributed by atoms with E-state index in [0.717, 1.165) is 22.7 Å². The van der Waals surface area contributed by atoms with Gasteiger partial charge in [0.2, 0.25) is 0 Å². The van der Waals surface area contributed by atoms with E-state index in [9.17, 15) is 0 Å². The summed E-state index contributed by atoms with van der Waals surface area (Å²) in [4.78, 5) is 19.8. The highest BCUT2D eigenvalue weighted by Gasteiger charge is 2.07. The summed E-state index contributed by atoms with van der Waals surface area (Å²) in [7, 11) is 0. The van der Waals surface area contributed by atoms with Gasteiger partial charge in [-0.3, -0.25) is 4.98 Å². The van der Waals surface area contributed by atoms with Crippen molar-refractivity contribution >= 4 is 17.0 Å². The Hall–Kier alpha value is -2.50. The molecular weight excluding hydrogens is 228 g/mol. The molecule has 0 aliphatic heterocycles. The molecule has 0 unspecified atom stereocenters. The second-order valence-corrected chi connectivity index (χ2v) is 3.96.